The summed E-state index contributed by atoms with van der Waals surface area (Å²) in [6.45, 7) is 6.84. The second-order valence-electron chi connectivity index (χ2n) is 9.33. The number of pyridine rings is 2. The van der Waals surface area contributed by atoms with Gasteiger partial charge in [-0.05, 0) is 44.7 Å². The predicted molar refractivity (Wildman–Crippen MR) is 115 cm³/mol. The summed E-state index contributed by atoms with van der Waals surface area (Å²) in [7, 11) is 0. The van der Waals surface area contributed by atoms with Gasteiger partial charge >= 0.3 is 0 Å². The predicted octanol–water partition coefficient (Wildman–Crippen LogP) is 2.56. The standard InChI is InChI=1S/C22H25N7O/c1-22(2)21-27-18-17(28(21)3-4-30-22)8-16(14-7-13(9-23)19(24)25-10-14)26-20(18)29-11-12-5-15(29)6-12/h7-8,10,12,15,21,27H,3-6,11H2,1-2H3,(H2,24,25). The van der Waals surface area contributed by atoms with E-state index in [1.54, 1.807) is 12.3 Å². The molecule has 30 heavy (non-hydrogen) atoms. The molecule has 6 heterocycles. The number of hydrogen-bond donors (Lipinski definition) is 2. The Labute approximate surface area is 175 Å². The minimum Gasteiger partial charge on any atom is -0.383 e. The lowest BCUT2D eigenvalue weighted by molar-refractivity contribution is -0.0487. The van der Waals surface area contributed by atoms with Crippen LogP contribution >= 0.6 is 0 Å². The summed E-state index contributed by atoms with van der Waals surface area (Å²) in [5.74, 6) is 2.04. The molecule has 0 spiro atoms. The first-order valence-corrected chi connectivity index (χ1v) is 10.6. The van der Waals surface area contributed by atoms with Gasteiger partial charge in [0.1, 0.15) is 29.3 Å². The van der Waals surface area contributed by atoms with Gasteiger partial charge in [0.05, 0.1) is 23.6 Å². The molecule has 1 aliphatic carbocycles. The van der Waals surface area contributed by atoms with E-state index in [-0.39, 0.29) is 17.6 Å². The van der Waals surface area contributed by atoms with Crippen molar-refractivity contribution in [3.63, 3.8) is 0 Å². The molecule has 0 aromatic carbocycles. The fourth-order valence-electron chi connectivity index (χ4n) is 5.37. The van der Waals surface area contributed by atoms with Crippen molar-refractivity contribution in [1.29, 1.82) is 5.26 Å². The number of aromatic nitrogens is 2. The Hall–Kier alpha value is -3.05. The largest absolute Gasteiger partial charge is 0.383 e. The van der Waals surface area contributed by atoms with E-state index in [1.807, 2.05) is 0 Å². The first kappa shape index (κ1) is 17.8. The highest BCUT2D eigenvalue weighted by atomic mass is 16.5. The first-order chi connectivity index (χ1) is 14.4. The molecule has 8 heteroatoms. The van der Waals surface area contributed by atoms with Crippen LogP contribution in [0.3, 0.4) is 0 Å². The number of ether oxygens (including phenoxy) is 1. The molecular formula is C22H25N7O. The number of rotatable bonds is 2. The molecule has 2 bridgehead atoms. The third-order valence-electron chi connectivity index (χ3n) is 7.06. The molecule has 1 atom stereocenters. The quantitative estimate of drug-likeness (QED) is 0.789. The molecule has 154 valence electrons. The third kappa shape index (κ3) is 2.42. The topological polar surface area (TPSA) is 103 Å². The van der Waals surface area contributed by atoms with Gasteiger partial charge in [-0.3, -0.25) is 0 Å². The number of nitrogens with one attached hydrogen (secondary N) is 1. The molecule has 1 unspecified atom stereocenters. The summed E-state index contributed by atoms with van der Waals surface area (Å²) in [5, 5.41) is 13.1. The number of morpholine rings is 1. The van der Waals surface area contributed by atoms with Gasteiger partial charge in [-0.2, -0.15) is 5.26 Å². The molecule has 0 amide bonds. The number of nitrogens with two attached hydrogens (primary N) is 1. The van der Waals surface area contributed by atoms with Crippen molar-refractivity contribution in [3.05, 3.63) is 23.9 Å². The molecule has 5 aliphatic rings. The molecule has 4 aliphatic heterocycles. The first-order valence-electron chi connectivity index (χ1n) is 10.6. The Balaban J connectivity index is 1.51. The summed E-state index contributed by atoms with van der Waals surface area (Å²) >= 11 is 0. The number of nitrogens with zero attached hydrogens (tertiary/aromatic N) is 5. The Morgan fingerprint density at radius 2 is 2.13 bits per heavy atom. The van der Waals surface area contributed by atoms with Crippen LogP contribution in [0.15, 0.2) is 18.3 Å². The van der Waals surface area contributed by atoms with Crippen LogP contribution in [0.2, 0.25) is 0 Å². The molecule has 2 aromatic rings. The van der Waals surface area contributed by atoms with Crippen molar-refractivity contribution >= 4 is 23.0 Å². The van der Waals surface area contributed by atoms with Crippen molar-refractivity contribution < 1.29 is 4.74 Å². The van der Waals surface area contributed by atoms with E-state index in [4.69, 9.17) is 15.5 Å². The Bertz CT molecular complexity index is 1090. The Kier molecular flexibility index (Phi) is 3.55. The maximum absolute atomic E-state index is 9.39. The minimum atomic E-state index is -0.307. The van der Waals surface area contributed by atoms with Crippen molar-refractivity contribution in [2.24, 2.45) is 5.92 Å². The average Bonchev–Trinajstić information content (AvgIpc) is 3.40. The van der Waals surface area contributed by atoms with E-state index >= 15 is 0 Å². The van der Waals surface area contributed by atoms with Crippen LogP contribution in [0.5, 0.6) is 0 Å². The van der Waals surface area contributed by atoms with Gasteiger partial charge in [0.2, 0.25) is 0 Å². The van der Waals surface area contributed by atoms with E-state index < -0.39 is 0 Å². The van der Waals surface area contributed by atoms with Gasteiger partial charge in [-0.15, -0.1) is 0 Å². The monoisotopic (exact) mass is 403 g/mol. The van der Waals surface area contributed by atoms with E-state index in [0.717, 1.165) is 47.5 Å². The van der Waals surface area contributed by atoms with Crippen molar-refractivity contribution in [1.82, 2.24) is 9.97 Å². The van der Waals surface area contributed by atoms with Gasteiger partial charge in [-0.25, -0.2) is 9.97 Å². The summed E-state index contributed by atoms with van der Waals surface area (Å²) in [6.07, 6.45) is 4.28. The highest BCUT2D eigenvalue weighted by molar-refractivity contribution is 5.90. The van der Waals surface area contributed by atoms with Gasteiger partial charge < -0.3 is 25.6 Å². The van der Waals surface area contributed by atoms with E-state index in [2.05, 4.69) is 46.1 Å². The van der Waals surface area contributed by atoms with Crippen LogP contribution < -0.4 is 20.9 Å². The zero-order valence-electron chi connectivity index (χ0n) is 17.2. The molecule has 7 rings (SSSR count). The van der Waals surface area contributed by atoms with E-state index in [9.17, 15) is 5.26 Å². The summed E-state index contributed by atoms with van der Waals surface area (Å²) in [6, 6.07) is 6.60. The molecule has 0 radical (unpaired) electrons. The Morgan fingerprint density at radius 3 is 2.87 bits per heavy atom. The second kappa shape index (κ2) is 5.99. The lowest BCUT2D eigenvalue weighted by atomic mass is 9.86. The lowest BCUT2D eigenvalue weighted by Crippen LogP contribution is -2.58. The number of anilines is 4. The fourth-order valence-corrected chi connectivity index (χ4v) is 5.37. The molecule has 3 N–H and O–H groups in total. The lowest BCUT2D eigenvalue weighted by Gasteiger charge is -2.43. The summed E-state index contributed by atoms with van der Waals surface area (Å²) in [5.41, 5.74) is 9.80. The second-order valence-corrected chi connectivity index (χ2v) is 9.33. The van der Waals surface area contributed by atoms with E-state index in [1.165, 1.54) is 12.8 Å². The van der Waals surface area contributed by atoms with E-state index in [0.29, 0.717) is 18.2 Å². The van der Waals surface area contributed by atoms with Crippen molar-refractivity contribution in [3.8, 4) is 17.3 Å². The SMILES string of the molecule is CC1(C)OCCN2c3cc(-c4cnc(N)c(C#N)c4)nc(N4CC5CC4C5)c3NC21. The number of nitriles is 1. The number of fused-ring (bicyclic) bond motifs is 4. The van der Waals surface area contributed by atoms with Crippen LogP contribution in [-0.2, 0) is 4.74 Å². The van der Waals surface area contributed by atoms with Gasteiger partial charge in [0, 0.05) is 30.9 Å². The highest BCUT2D eigenvalue weighted by Gasteiger charge is 2.48. The van der Waals surface area contributed by atoms with Crippen LogP contribution in [0.25, 0.3) is 11.3 Å². The average molecular weight is 403 g/mol. The van der Waals surface area contributed by atoms with Crippen LogP contribution in [0, 0.1) is 17.2 Å². The smallest absolute Gasteiger partial charge is 0.155 e. The third-order valence-corrected chi connectivity index (χ3v) is 7.06. The minimum absolute atomic E-state index is 0.0638. The molecule has 3 saturated heterocycles. The maximum atomic E-state index is 9.39. The molecule has 1 saturated carbocycles. The fraction of sp³-hybridized carbons (Fsp3) is 0.500. The number of hydrogen-bond acceptors (Lipinski definition) is 8. The molecule has 4 fully saturated rings. The van der Waals surface area contributed by atoms with Gasteiger partial charge in [0.25, 0.3) is 0 Å². The van der Waals surface area contributed by atoms with Crippen LogP contribution in [-0.4, -0.2) is 47.5 Å². The normalized spacial score (nSPS) is 27.7. The van der Waals surface area contributed by atoms with Gasteiger partial charge in [-0.1, -0.05) is 0 Å². The van der Waals surface area contributed by atoms with Gasteiger partial charge in [0.15, 0.2) is 5.82 Å². The zero-order valence-corrected chi connectivity index (χ0v) is 17.2. The molecule has 2 aromatic heterocycles. The molecule has 8 nitrogen and oxygen atoms in total. The van der Waals surface area contributed by atoms with Crippen LogP contribution in [0.1, 0.15) is 32.3 Å². The number of nitrogen functional groups attached to an aromatic ring is 1. The molecular weight excluding hydrogens is 378 g/mol. The highest BCUT2D eigenvalue weighted by Crippen LogP contribution is 2.51. The zero-order chi connectivity index (χ0) is 20.6. The Morgan fingerprint density at radius 1 is 1.30 bits per heavy atom. The van der Waals surface area contributed by atoms with Crippen molar-refractivity contribution in [2.75, 3.05) is 40.5 Å². The van der Waals surface area contributed by atoms with Crippen molar-refractivity contribution in [2.45, 2.75) is 44.5 Å². The summed E-state index contributed by atoms with van der Waals surface area (Å²) in [4.78, 5) is 14.2. The summed E-state index contributed by atoms with van der Waals surface area (Å²) < 4.78 is 6.07. The maximum Gasteiger partial charge on any atom is 0.155 e. The van der Waals surface area contributed by atoms with Crippen LogP contribution in [0.4, 0.5) is 23.0 Å².